The predicted molar refractivity (Wildman–Crippen MR) is 104 cm³/mol. The Kier molecular flexibility index (Phi) is 4.43. The number of hydrogen-bond acceptors (Lipinski definition) is 6. The van der Waals surface area contributed by atoms with E-state index < -0.39 is 0 Å². The average Bonchev–Trinajstić information content (AvgIpc) is 3.40. The molecular weight excluding hydrogens is 356 g/mol. The van der Waals surface area contributed by atoms with Crippen molar-refractivity contribution in [1.29, 1.82) is 0 Å². The van der Waals surface area contributed by atoms with Crippen molar-refractivity contribution in [3.63, 3.8) is 0 Å². The first kappa shape index (κ1) is 17.5. The molecule has 1 aliphatic carbocycles. The minimum atomic E-state index is -0.298. The fourth-order valence-electron chi connectivity index (χ4n) is 4.82. The molecular formula is C20H26N6O2. The molecule has 2 aromatic rings. The van der Waals surface area contributed by atoms with Crippen molar-refractivity contribution in [2.24, 2.45) is 5.92 Å². The fourth-order valence-corrected chi connectivity index (χ4v) is 4.82. The second-order valence-electron chi connectivity index (χ2n) is 8.28. The van der Waals surface area contributed by atoms with Gasteiger partial charge in [-0.2, -0.15) is 5.10 Å². The molecule has 1 unspecified atom stereocenters. The number of amides is 1. The van der Waals surface area contributed by atoms with Crippen LogP contribution in [-0.2, 0) is 4.74 Å². The van der Waals surface area contributed by atoms with E-state index in [0.717, 1.165) is 55.1 Å². The van der Waals surface area contributed by atoms with Gasteiger partial charge in [0.1, 0.15) is 6.10 Å². The molecule has 0 aromatic carbocycles. The Hall–Kier alpha value is -2.61. The van der Waals surface area contributed by atoms with Gasteiger partial charge >= 0.3 is 6.09 Å². The van der Waals surface area contributed by atoms with Gasteiger partial charge in [0, 0.05) is 42.7 Å². The summed E-state index contributed by atoms with van der Waals surface area (Å²) < 4.78 is 5.66. The number of fused-ring (bicyclic) bond motifs is 10. The molecule has 1 amide bonds. The Balaban J connectivity index is 1.44. The maximum Gasteiger partial charge on any atom is 0.407 e. The van der Waals surface area contributed by atoms with Crippen molar-refractivity contribution < 1.29 is 9.53 Å². The minimum absolute atomic E-state index is 0.0291. The highest BCUT2D eigenvalue weighted by Gasteiger charge is 2.33. The Morgan fingerprint density at radius 1 is 1.25 bits per heavy atom. The Morgan fingerprint density at radius 2 is 2.18 bits per heavy atom. The number of aromatic nitrogens is 3. The van der Waals surface area contributed by atoms with Gasteiger partial charge < -0.3 is 15.4 Å². The Morgan fingerprint density at radius 3 is 3.11 bits per heavy atom. The number of rotatable bonds is 0. The van der Waals surface area contributed by atoms with Crippen LogP contribution in [0.3, 0.4) is 0 Å². The molecule has 1 saturated carbocycles. The molecule has 4 heterocycles. The second kappa shape index (κ2) is 7.09. The number of nitrogens with one attached hydrogen (secondary N) is 3. The smallest absolute Gasteiger partial charge is 0.407 e. The van der Waals surface area contributed by atoms with Gasteiger partial charge in [-0.3, -0.25) is 15.0 Å². The van der Waals surface area contributed by atoms with E-state index in [2.05, 4.69) is 49.9 Å². The fraction of sp³-hybridized carbons (Fsp3) is 0.550. The zero-order chi connectivity index (χ0) is 19.1. The van der Waals surface area contributed by atoms with Gasteiger partial charge in [-0.05, 0) is 50.8 Å². The molecule has 4 atom stereocenters. The molecule has 2 aromatic heterocycles. The van der Waals surface area contributed by atoms with Crippen molar-refractivity contribution >= 4 is 17.6 Å². The van der Waals surface area contributed by atoms with Crippen LogP contribution in [0.1, 0.15) is 49.0 Å². The van der Waals surface area contributed by atoms with Crippen molar-refractivity contribution in [2.45, 2.75) is 43.7 Å². The molecule has 0 radical (unpaired) electrons. The van der Waals surface area contributed by atoms with E-state index in [1.165, 1.54) is 0 Å². The van der Waals surface area contributed by atoms with Crippen LogP contribution in [0.4, 0.5) is 16.3 Å². The average molecular weight is 382 g/mol. The number of carbonyl (C=O) groups is 1. The van der Waals surface area contributed by atoms with E-state index in [1.807, 2.05) is 12.3 Å². The normalized spacial score (nSPS) is 30.2. The molecule has 2 aliphatic heterocycles. The Bertz CT molecular complexity index is 868. The van der Waals surface area contributed by atoms with Gasteiger partial charge in [0.05, 0.1) is 11.7 Å². The van der Waals surface area contributed by atoms with E-state index in [-0.39, 0.29) is 18.2 Å². The summed E-state index contributed by atoms with van der Waals surface area (Å²) in [7, 11) is 2.11. The van der Waals surface area contributed by atoms with Crippen LogP contribution in [0.5, 0.6) is 0 Å². The maximum atomic E-state index is 12.3. The number of H-pyrrole nitrogens is 1. The summed E-state index contributed by atoms with van der Waals surface area (Å²) in [4.78, 5) is 19.2. The third-order valence-corrected chi connectivity index (χ3v) is 6.26. The number of pyridine rings is 1. The standard InChI is InChI=1S/C20H26N6O2/c1-26-11-12-6-18(26)17-8-14(4-5-21-17)23-19-9-16(24-25-19)13-2-3-15(7-13)28-20(27)22-10-12/h4-5,8-9,12-13,15,18H,2-3,6-7,10-11H2,1H3,(H,22,27)(H2,23,24,25)/t12?,13-,15+,18-/m0/s1. The lowest BCUT2D eigenvalue weighted by Gasteiger charge is -2.19. The van der Waals surface area contributed by atoms with Crippen LogP contribution >= 0.6 is 0 Å². The van der Waals surface area contributed by atoms with Crippen LogP contribution < -0.4 is 10.6 Å². The predicted octanol–water partition coefficient (Wildman–Crippen LogP) is 2.92. The second-order valence-corrected chi connectivity index (χ2v) is 8.28. The lowest BCUT2D eigenvalue weighted by Crippen LogP contribution is -2.33. The molecule has 8 heteroatoms. The molecule has 3 N–H and O–H groups in total. The SMILES string of the molecule is CN1CC2CNC(=O)O[C@@H]3CC[C@@H](C3)c3cc(n[nH]3)Nc3ccnc(c3)[C@@H]1C2. The number of ether oxygens (including phenoxy) is 1. The third-order valence-electron chi connectivity index (χ3n) is 6.26. The number of likely N-dealkylation sites (tertiary alicyclic amines) is 1. The molecule has 8 nitrogen and oxygen atoms in total. The Labute approximate surface area is 164 Å². The van der Waals surface area contributed by atoms with Crippen LogP contribution in [0.25, 0.3) is 0 Å². The van der Waals surface area contributed by atoms with Crippen LogP contribution in [0.15, 0.2) is 24.4 Å². The van der Waals surface area contributed by atoms with Gasteiger partial charge in [0.2, 0.25) is 0 Å². The first-order valence-corrected chi connectivity index (χ1v) is 10.1. The zero-order valence-electron chi connectivity index (χ0n) is 16.0. The summed E-state index contributed by atoms with van der Waals surface area (Å²) >= 11 is 0. The monoisotopic (exact) mass is 382 g/mol. The number of hydrogen-bond donors (Lipinski definition) is 3. The van der Waals surface area contributed by atoms with Gasteiger partial charge in [-0.1, -0.05) is 0 Å². The molecule has 28 heavy (non-hydrogen) atoms. The molecule has 1 saturated heterocycles. The van der Waals surface area contributed by atoms with Crippen molar-refractivity contribution in [2.75, 3.05) is 25.5 Å². The van der Waals surface area contributed by atoms with Crippen molar-refractivity contribution in [3.05, 3.63) is 35.8 Å². The third kappa shape index (κ3) is 3.44. The highest BCUT2D eigenvalue weighted by Crippen LogP contribution is 2.37. The summed E-state index contributed by atoms with van der Waals surface area (Å²) in [5, 5.41) is 13.9. The van der Waals surface area contributed by atoms with E-state index in [9.17, 15) is 4.79 Å². The molecule has 2 fully saturated rings. The summed E-state index contributed by atoms with van der Waals surface area (Å²) in [5.74, 6) is 1.53. The number of nitrogens with zero attached hydrogens (tertiary/aromatic N) is 3. The number of carbonyl (C=O) groups excluding carboxylic acids is 1. The van der Waals surface area contributed by atoms with Crippen molar-refractivity contribution in [3.8, 4) is 0 Å². The van der Waals surface area contributed by atoms with Gasteiger partial charge in [-0.25, -0.2) is 4.79 Å². The van der Waals surface area contributed by atoms with E-state index in [1.54, 1.807) is 0 Å². The maximum absolute atomic E-state index is 12.3. The lowest BCUT2D eigenvalue weighted by molar-refractivity contribution is 0.0990. The van der Waals surface area contributed by atoms with E-state index in [4.69, 9.17) is 4.74 Å². The topological polar surface area (TPSA) is 95.2 Å². The number of alkyl carbamates (subject to hydrolysis) is 1. The largest absolute Gasteiger partial charge is 0.446 e. The summed E-state index contributed by atoms with van der Waals surface area (Å²) in [6, 6.07) is 6.37. The minimum Gasteiger partial charge on any atom is -0.446 e. The summed E-state index contributed by atoms with van der Waals surface area (Å²) in [6.45, 7) is 1.57. The lowest BCUT2D eigenvalue weighted by atomic mass is 10.0. The number of aromatic amines is 1. The number of anilines is 2. The molecule has 0 spiro atoms. The van der Waals surface area contributed by atoms with E-state index in [0.29, 0.717) is 18.4 Å². The van der Waals surface area contributed by atoms with Gasteiger partial charge in [-0.15, -0.1) is 0 Å². The zero-order valence-corrected chi connectivity index (χ0v) is 16.0. The van der Waals surface area contributed by atoms with Gasteiger partial charge in [0.25, 0.3) is 0 Å². The molecule has 3 aliphatic rings. The highest BCUT2D eigenvalue weighted by molar-refractivity contribution is 5.67. The first-order valence-electron chi connectivity index (χ1n) is 10.1. The van der Waals surface area contributed by atoms with Crippen LogP contribution in [0.2, 0.25) is 0 Å². The first-order chi connectivity index (χ1) is 13.6. The van der Waals surface area contributed by atoms with Gasteiger partial charge in [0.15, 0.2) is 5.82 Å². The van der Waals surface area contributed by atoms with Crippen LogP contribution in [-0.4, -0.2) is 52.4 Å². The van der Waals surface area contributed by atoms with Crippen LogP contribution in [0, 0.1) is 5.92 Å². The molecule has 8 bridgehead atoms. The quantitative estimate of drug-likeness (QED) is 0.648. The van der Waals surface area contributed by atoms with Crippen molar-refractivity contribution in [1.82, 2.24) is 25.4 Å². The van der Waals surface area contributed by atoms with E-state index >= 15 is 0 Å². The summed E-state index contributed by atoms with van der Waals surface area (Å²) in [6.07, 6.45) is 5.20. The molecule has 5 rings (SSSR count). The highest BCUT2D eigenvalue weighted by atomic mass is 16.6. The summed E-state index contributed by atoms with van der Waals surface area (Å²) in [5.41, 5.74) is 3.12. The molecule has 148 valence electrons.